The molecule has 0 saturated heterocycles. The number of ketones is 1. The van der Waals surface area contributed by atoms with Crippen LogP contribution in [0.1, 0.15) is 30.9 Å². The molecule has 0 fully saturated rings. The number of likely N-dealkylation sites (N-methyl/N-ethyl adjacent to an activating group) is 1. The maximum atomic E-state index is 12.6. The highest BCUT2D eigenvalue weighted by molar-refractivity contribution is 5.97. The van der Waals surface area contributed by atoms with Gasteiger partial charge >= 0.3 is 0 Å². The van der Waals surface area contributed by atoms with Crippen LogP contribution in [-0.4, -0.2) is 55.2 Å². The van der Waals surface area contributed by atoms with E-state index in [4.69, 9.17) is 9.47 Å². The van der Waals surface area contributed by atoms with Crippen molar-refractivity contribution in [3.63, 3.8) is 0 Å². The summed E-state index contributed by atoms with van der Waals surface area (Å²) in [4.78, 5) is 14.7. The SMILES string of the molecule is COc1ccc(C)c2c1OC1C(=O)C=CCC21CCN(C)C(C)CO. The molecule has 3 rings (SSSR count). The molecule has 3 unspecified atom stereocenters. The molecule has 0 bridgehead atoms. The van der Waals surface area contributed by atoms with E-state index in [1.807, 2.05) is 32.2 Å². The average molecular weight is 345 g/mol. The summed E-state index contributed by atoms with van der Waals surface area (Å²) in [5, 5.41) is 9.39. The van der Waals surface area contributed by atoms with Gasteiger partial charge in [0.2, 0.25) is 0 Å². The summed E-state index contributed by atoms with van der Waals surface area (Å²) in [6.45, 7) is 4.95. The minimum atomic E-state index is -0.500. The van der Waals surface area contributed by atoms with Gasteiger partial charge in [-0.2, -0.15) is 0 Å². The Hall–Kier alpha value is -1.85. The average Bonchev–Trinajstić information content (AvgIpc) is 2.97. The number of ether oxygens (including phenoxy) is 2. The molecule has 1 heterocycles. The summed E-state index contributed by atoms with van der Waals surface area (Å²) in [6.07, 6.45) is 4.66. The van der Waals surface area contributed by atoms with Crippen molar-refractivity contribution in [2.24, 2.45) is 0 Å². The van der Waals surface area contributed by atoms with E-state index in [0.29, 0.717) is 11.5 Å². The molecule has 5 heteroatoms. The fraction of sp³-hybridized carbons (Fsp3) is 0.550. The fourth-order valence-corrected chi connectivity index (χ4v) is 4.03. The molecule has 2 aliphatic rings. The van der Waals surface area contributed by atoms with Crippen LogP contribution in [0.2, 0.25) is 0 Å². The normalized spacial score (nSPS) is 25.5. The van der Waals surface area contributed by atoms with E-state index in [9.17, 15) is 9.90 Å². The van der Waals surface area contributed by atoms with E-state index in [0.717, 1.165) is 30.5 Å². The molecule has 0 spiro atoms. The van der Waals surface area contributed by atoms with Crippen LogP contribution in [-0.2, 0) is 10.2 Å². The van der Waals surface area contributed by atoms with Crippen molar-refractivity contribution < 1.29 is 19.4 Å². The summed E-state index contributed by atoms with van der Waals surface area (Å²) in [7, 11) is 3.63. The number of nitrogens with zero attached hydrogens (tertiary/aromatic N) is 1. The number of allylic oxidation sites excluding steroid dienone is 1. The van der Waals surface area contributed by atoms with Crippen LogP contribution < -0.4 is 9.47 Å². The van der Waals surface area contributed by atoms with Crippen LogP contribution in [0.25, 0.3) is 0 Å². The molecule has 1 aliphatic heterocycles. The Morgan fingerprint density at radius 2 is 2.24 bits per heavy atom. The van der Waals surface area contributed by atoms with Gasteiger partial charge in [-0.25, -0.2) is 0 Å². The zero-order valence-corrected chi connectivity index (χ0v) is 15.4. The largest absolute Gasteiger partial charge is 0.493 e. The maximum Gasteiger partial charge on any atom is 0.196 e. The number of rotatable bonds is 6. The van der Waals surface area contributed by atoms with E-state index < -0.39 is 6.10 Å². The Kier molecular flexibility index (Phi) is 4.89. The number of benzene rings is 1. The highest BCUT2D eigenvalue weighted by Gasteiger charge is 2.54. The lowest BCUT2D eigenvalue weighted by atomic mass is 9.67. The van der Waals surface area contributed by atoms with E-state index in [1.165, 1.54) is 0 Å². The van der Waals surface area contributed by atoms with Crippen molar-refractivity contribution in [2.45, 2.75) is 44.2 Å². The predicted octanol–water partition coefficient (Wildman–Crippen LogP) is 2.23. The summed E-state index contributed by atoms with van der Waals surface area (Å²) in [5.74, 6) is 1.41. The number of aliphatic hydroxyl groups excluding tert-OH is 1. The molecular weight excluding hydrogens is 318 g/mol. The first-order chi connectivity index (χ1) is 11.9. The molecule has 5 nitrogen and oxygen atoms in total. The topological polar surface area (TPSA) is 59.0 Å². The summed E-state index contributed by atoms with van der Waals surface area (Å²) < 4.78 is 11.6. The van der Waals surface area contributed by atoms with Crippen molar-refractivity contribution in [3.8, 4) is 11.5 Å². The standard InChI is InChI=1S/C20H27NO4/c1-13-7-8-16(24-4)18-17(13)20(10-11-21(3)14(2)12-22)9-5-6-15(23)19(20)25-18/h5-8,14,19,22H,9-12H2,1-4H3. The Balaban J connectivity index is 2.02. The van der Waals surface area contributed by atoms with Gasteiger partial charge in [-0.1, -0.05) is 12.1 Å². The Morgan fingerprint density at radius 3 is 2.92 bits per heavy atom. The Bertz CT molecular complexity index is 699. The summed E-state index contributed by atoms with van der Waals surface area (Å²) in [6, 6.07) is 4.02. The number of methoxy groups -OCH3 is 1. The molecule has 0 saturated carbocycles. The van der Waals surface area contributed by atoms with Gasteiger partial charge in [-0.05, 0) is 58.0 Å². The van der Waals surface area contributed by atoms with Crippen molar-refractivity contribution in [1.29, 1.82) is 0 Å². The van der Waals surface area contributed by atoms with Gasteiger partial charge in [0.05, 0.1) is 13.7 Å². The highest BCUT2D eigenvalue weighted by Crippen LogP contribution is 2.54. The Morgan fingerprint density at radius 1 is 1.48 bits per heavy atom. The quantitative estimate of drug-likeness (QED) is 0.857. The minimum absolute atomic E-state index is 0.0155. The molecule has 25 heavy (non-hydrogen) atoms. The van der Waals surface area contributed by atoms with Gasteiger partial charge < -0.3 is 19.5 Å². The van der Waals surface area contributed by atoms with Crippen molar-refractivity contribution >= 4 is 5.78 Å². The molecule has 1 aliphatic carbocycles. The first-order valence-corrected chi connectivity index (χ1v) is 8.81. The smallest absolute Gasteiger partial charge is 0.196 e. The van der Waals surface area contributed by atoms with Crippen LogP contribution in [0, 0.1) is 6.92 Å². The van der Waals surface area contributed by atoms with Crippen LogP contribution in [0.15, 0.2) is 24.3 Å². The second-order valence-electron chi connectivity index (χ2n) is 7.21. The lowest BCUT2D eigenvalue weighted by molar-refractivity contribution is -0.123. The number of aryl methyl sites for hydroxylation is 1. The molecular formula is C20H27NO4. The van der Waals surface area contributed by atoms with E-state index in [2.05, 4.69) is 11.8 Å². The molecule has 1 N–H and O–H groups in total. The maximum absolute atomic E-state index is 12.6. The van der Waals surface area contributed by atoms with Gasteiger partial charge in [0.15, 0.2) is 23.4 Å². The number of fused-ring (bicyclic) bond motifs is 3. The van der Waals surface area contributed by atoms with E-state index in [-0.39, 0.29) is 23.8 Å². The lowest BCUT2D eigenvalue weighted by Crippen LogP contribution is -2.47. The zero-order chi connectivity index (χ0) is 18.2. The van der Waals surface area contributed by atoms with Crippen molar-refractivity contribution in [2.75, 3.05) is 27.3 Å². The van der Waals surface area contributed by atoms with Crippen molar-refractivity contribution in [3.05, 3.63) is 35.4 Å². The highest BCUT2D eigenvalue weighted by atomic mass is 16.5. The molecule has 1 aromatic carbocycles. The molecule has 0 radical (unpaired) electrons. The molecule has 0 amide bonds. The van der Waals surface area contributed by atoms with Crippen LogP contribution in [0.4, 0.5) is 0 Å². The monoisotopic (exact) mass is 345 g/mol. The number of carbonyl (C=O) groups excluding carboxylic acids is 1. The van der Waals surface area contributed by atoms with Crippen LogP contribution in [0.3, 0.4) is 0 Å². The molecule has 3 atom stereocenters. The van der Waals surface area contributed by atoms with Gasteiger partial charge in [0, 0.05) is 17.0 Å². The van der Waals surface area contributed by atoms with Gasteiger partial charge in [-0.3, -0.25) is 4.79 Å². The second-order valence-corrected chi connectivity index (χ2v) is 7.21. The minimum Gasteiger partial charge on any atom is -0.493 e. The molecule has 1 aromatic rings. The second kappa shape index (κ2) is 6.81. The van der Waals surface area contributed by atoms with Crippen LogP contribution in [0.5, 0.6) is 11.5 Å². The third-order valence-electron chi connectivity index (χ3n) is 5.74. The third-order valence-corrected chi connectivity index (χ3v) is 5.74. The van der Waals surface area contributed by atoms with Crippen molar-refractivity contribution in [1.82, 2.24) is 4.90 Å². The summed E-state index contributed by atoms with van der Waals surface area (Å²) >= 11 is 0. The molecule has 136 valence electrons. The molecule has 0 aromatic heterocycles. The summed E-state index contributed by atoms with van der Waals surface area (Å²) in [5.41, 5.74) is 1.85. The van der Waals surface area contributed by atoms with E-state index >= 15 is 0 Å². The zero-order valence-electron chi connectivity index (χ0n) is 15.4. The van der Waals surface area contributed by atoms with Gasteiger partial charge in [0.25, 0.3) is 0 Å². The number of carbonyl (C=O) groups is 1. The number of hydrogen-bond donors (Lipinski definition) is 1. The fourth-order valence-electron chi connectivity index (χ4n) is 4.03. The first-order valence-electron chi connectivity index (χ1n) is 8.81. The van der Waals surface area contributed by atoms with Gasteiger partial charge in [-0.15, -0.1) is 0 Å². The van der Waals surface area contributed by atoms with Crippen LogP contribution >= 0.6 is 0 Å². The predicted molar refractivity (Wildman–Crippen MR) is 96.4 cm³/mol. The number of aliphatic hydroxyl groups is 1. The lowest BCUT2D eigenvalue weighted by Gasteiger charge is -2.37. The first kappa shape index (κ1) is 18.0. The van der Waals surface area contributed by atoms with Gasteiger partial charge in [0.1, 0.15) is 0 Å². The third kappa shape index (κ3) is 2.85. The Labute approximate surface area is 149 Å². The number of hydrogen-bond acceptors (Lipinski definition) is 5. The van der Waals surface area contributed by atoms with E-state index in [1.54, 1.807) is 13.2 Å².